The molecule has 0 spiro atoms. The van der Waals surface area contributed by atoms with Crippen molar-refractivity contribution in [3.63, 3.8) is 0 Å². The summed E-state index contributed by atoms with van der Waals surface area (Å²) >= 11 is 5.83. The van der Waals surface area contributed by atoms with Gasteiger partial charge in [-0.1, -0.05) is 0 Å². The molecule has 0 aromatic rings. The molecule has 0 aliphatic carbocycles. The van der Waals surface area contributed by atoms with Crippen LogP contribution in [0.3, 0.4) is 0 Å². The molecule has 1 nitrogen and oxygen atoms in total. The monoisotopic (exact) mass is 161 g/mol. The normalized spacial score (nSPS) is 21.9. The molecule has 1 fully saturated rings. The van der Waals surface area contributed by atoms with E-state index in [0.29, 0.717) is 0 Å². The first kappa shape index (κ1) is 8.35. The van der Waals surface area contributed by atoms with Gasteiger partial charge in [-0.25, -0.2) is 0 Å². The number of alkyl halides is 1. The van der Waals surface area contributed by atoms with E-state index in [1.807, 2.05) is 0 Å². The van der Waals surface area contributed by atoms with Crippen LogP contribution in [0, 0.1) is 0 Å². The summed E-state index contributed by atoms with van der Waals surface area (Å²) in [5, 5.41) is 0. The third-order valence-corrected chi connectivity index (χ3v) is 2.94. The van der Waals surface area contributed by atoms with Crippen molar-refractivity contribution >= 4 is 11.6 Å². The van der Waals surface area contributed by atoms with E-state index >= 15 is 0 Å². The number of rotatable bonds is 2. The molecular formula is C8H16ClN. The van der Waals surface area contributed by atoms with Gasteiger partial charge in [0.15, 0.2) is 0 Å². The quantitative estimate of drug-likeness (QED) is 0.561. The maximum absolute atomic E-state index is 5.83. The second kappa shape index (κ2) is 3.10. The Morgan fingerprint density at radius 3 is 2.20 bits per heavy atom. The van der Waals surface area contributed by atoms with Crippen molar-refractivity contribution in [2.75, 3.05) is 19.0 Å². The summed E-state index contributed by atoms with van der Waals surface area (Å²) in [7, 11) is 0. The smallest absolute Gasteiger partial charge is 0.0402 e. The Kier molecular flexibility index (Phi) is 2.59. The Morgan fingerprint density at radius 2 is 1.80 bits per heavy atom. The largest absolute Gasteiger partial charge is 0.297 e. The molecule has 0 atom stereocenters. The van der Waals surface area contributed by atoms with E-state index in [-0.39, 0.29) is 5.54 Å². The average Bonchev–Trinajstić information content (AvgIpc) is 2.38. The van der Waals surface area contributed by atoms with Crippen molar-refractivity contribution in [3.05, 3.63) is 0 Å². The molecular weight excluding hydrogens is 146 g/mol. The number of hydrogen-bond donors (Lipinski definition) is 0. The molecule has 0 aromatic heterocycles. The van der Waals surface area contributed by atoms with Gasteiger partial charge in [0.1, 0.15) is 0 Å². The topological polar surface area (TPSA) is 3.24 Å². The maximum atomic E-state index is 5.83. The third-order valence-electron chi connectivity index (χ3n) is 2.29. The predicted octanol–water partition coefficient (Wildman–Crippen LogP) is 2.10. The molecule has 2 heteroatoms. The van der Waals surface area contributed by atoms with Gasteiger partial charge in [-0.2, -0.15) is 0 Å². The molecule has 1 aliphatic heterocycles. The molecule has 1 heterocycles. The Balaban J connectivity index is 2.45. The van der Waals surface area contributed by atoms with Crippen molar-refractivity contribution in [2.24, 2.45) is 0 Å². The molecule has 1 saturated heterocycles. The Labute approximate surface area is 68.4 Å². The summed E-state index contributed by atoms with van der Waals surface area (Å²) in [6.07, 6.45) is 2.70. The van der Waals surface area contributed by atoms with E-state index in [4.69, 9.17) is 11.6 Å². The van der Waals surface area contributed by atoms with Gasteiger partial charge >= 0.3 is 0 Å². The van der Waals surface area contributed by atoms with Crippen molar-refractivity contribution in [1.29, 1.82) is 0 Å². The van der Waals surface area contributed by atoms with Crippen LogP contribution < -0.4 is 0 Å². The van der Waals surface area contributed by atoms with Crippen molar-refractivity contribution in [1.82, 2.24) is 4.90 Å². The van der Waals surface area contributed by atoms with E-state index in [9.17, 15) is 0 Å². The highest BCUT2D eigenvalue weighted by Crippen LogP contribution is 2.21. The van der Waals surface area contributed by atoms with Crippen LogP contribution in [0.5, 0.6) is 0 Å². The van der Waals surface area contributed by atoms with Gasteiger partial charge in [0, 0.05) is 11.4 Å². The first-order valence-corrected chi connectivity index (χ1v) is 4.51. The maximum Gasteiger partial charge on any atom is 0.0402 e. The summed E-state index contributed by atoms with van der Waals surface area (Å²) < 4.78 is 0. The fourth-order valence-electron chi connectivity index (χ4n) is 1.41. The van der Waals surface area contributed by atoms with E-state index < -0.39 is 0 Å². The lowest BCUT2D eigenvalue weighted by molar-refractivity contribution is 0.178. The van der Waals surface area contributed by atoms with Crippen LogP contribution in [0.4, 0.5) is 0 Å². The van der Waals surface area contributed by atoms with Gasteiger partial charge < -0.3 is 0 Å². The van der Waals surface area contributed by atoms with Gasteiger partial charge in [-0.15, -0.1) is 11.6 Å². The number of halogens is 1. The lowest BCUT2D eigenvalue weighted by atomic mass is 10.1. The minimum Gasteiger partial charge on any atom is -0.297 e. The molecule has 0 amide bonds. The van der Waals surface area contributed by atoms with Crippen LogP contribution in [0.25, 0.3) is 0 Å². The van der Waals surface area contributed by atoms with Crippen LogP contribution in [0.2, 0.25) is 0 Å². The number of nitrogens with zero attached hydrogens (tertiary/aromatic N) is 1. The highest BCUT2D eigenvalue weighted by molar-refractivity contribution is 6.18. The zero-order valence-electron chi connectivity index (χ0n) is 6.86. The van der Waals surface area contributed by atoms with Gasteiger partial charge in [0.2, 0.25) is 0 Å². The molecule has 0 aromatic carbocycles. The number of hydrogen-bond acceptors (Lipinski definition) is 1. The van der Waals surface area contributed by atoms with Gasteiger partial charge in [0.25, 0.3) is 0 Å². The molecule has 0 unspecified atom stereocenters. The fraction of sp³-hybridized carbons (Fsp3) is 1.00. The molecule has 60 valence electrons. The second-order valence-electron chi connectivity index (χ2n) is 3.64. The second-order valence-corrected chi connectivity index (χ2v) is 3.91. The lowest BCUT2D eigenvalue weighted by Crippen LogP contribution is -2.43. The van der Waals surface area contributed by atoms with E-state index in [0.717, 1.165) is 5.88 Å². The van der Waals surface area contributed by atoms with Gasteiger partial charge in [-0.05, 0) is 39.8 Å². The average molecular weight is 162 g/mol. The molecule has 0 N–H and O–H groups in total. The van der Waals surface area contributed by atoms with Crippen molar-refractivity contribution in [2.45, 2.75) is 32.2 Å². The van der Waals surface area contributed by atoms with E-state index in [1.165, 1.54) is 25.9 Å². The summed E-state index contributed by atoms with van der Waals surface area (Å²) in [6.45, 7) is 6.90. The highest BCUT2D eigenvalue weighted by Gasteiger charge is 2.27. The van der Waals surface area contributed by atoms with Crippen molar-refractivity contribution in [3.8, 4) is 0 Å². The Hall–Kier alpha value is 0.250. The van der Waals surface area contributed by atoms with E-state index in [1.54, 1.807) is 0 Å². The third kappa shape index (κ3) is 1.64. The van der Waals surface area contributed by atoms with Crippen LogP contribution in [0.1, 0.15) is 26.7 Å². The van der Waals surface area contributed by atoms with E-state index in [2.05, 4.69) is 18.7 Å². The lowest BCUT2D eigenvalue weighted by Gasteiger charge is -2.33. The molecule has 1 aliphatic rings. The number of likely N-dealkylation sites (tertiary alicyclic amines) is 1. The van der Waals surface area contributed by atoms with Crippen LogP contribution in [-0.2, 0) is 0 Å². The minimum absolute atomic E-state index is 0.220. The predicted molar refractivity (Wildman–Crippen MR) is 45.6 cm³/mol. The van der Waals surface area contributed by atoms with Gasteiger partial charge in [0.05, 0.1) is 0 Å². The van der Waals surface area contributed by atoms with Crippen LogP contribution >= 0.6 is 11.6 Å². The summed E-state index contributed by atoms with van der Waals surface area (Å²) in [5.41, 5.74) is 0.220. The summed E-state index contributed by atoms with van der Waals surface area (Å²) in [4.78, 5) is 2.47. The van der Waals surface area contributed by atoms with Crippen LogP contribution in [0.15, 0.2) is 0 Å². The first-order chi connectivity index (χ1) is 4.67. The van der Waals surface area contributed by atoms with Crippen molar-refractivity contribution < 1.29 is 0 Å². The Bertz CT molecular complexity index is 106. The fourth-order valence-corrected chi connectivity index (χ4v) is 1.58. The summed E-state index contributed by atoms with van der Waals surface area (Å²) in [6, 6.07) is 0. The molecule has 0 bridgehead atoms. The standard InChI is InChI=1S/C8H16ClN/c1-8(2,7-9)10-5-3-4-6-10/h3-7H2,1-2H3. The molecule has 1 rings (SSSR count). The highest BCUT2D eigenvalue weighted by atomic mass is 35.5. The SMILES string of the molecule is CC(C)(CCl)N1CCCC1. The zero-order chi connectivity index (χ0) is 7.61. The summed E-state index contributed by atoms with van der Waals surface area (Å²) in [5.74, 6) is 0.743. The Morgan fingerprint density at radius 1 is 1.30 bits per heavy atom. The van der Waals surface area contributed by atoms with Crippen LogP contribution in [-0.4, -0.2) is 29.4 Å². The molecule has 0 radical (unpaired) electrons. The molecule has 0 saturated carbocycles. The first-order valence-electron chi connectivity index (χ1n) is 3.98. The minimum atomic E-state index is 0.220. The van der Waals surface area contributed by atoms with Gasteiger partial charge in [-0.3, -0.25) is 4.90 Å². The zero-order valence-corrected chi connectivity index (χ0v) is 7.62. The molecule has 10 heavy (non-hydrogen) atoms.